The van der Waals surface area contributed by atoms with Crippen LogP contribution < -0.4 is 0 Å². The Labute approximate surface area is 79.9 Å². The Bertz CT molecular complexity index is 292. The van der Waals surface area contributed by atoms with Crippen LogP contribution in [-0.4, -0.2) is 0 Å². The predicted octanol–water partition coefficient (Wildman–Crippen LogP) is 3.80. The van der Waals surface area contributed by atoms with E-state index in [2.05, 4.69) is 15.9 Å². The maximum atomic E-state index is 13.8. The van der Waals surface area contributed by atoms with E-state index in [0.717, 1.165) is 16.5 Å². The van der Waals surface area contributed by atoms with Gasteiger partial charge in [-0.05, 0) is 37.0 Å². The average molecular weight is 229 g/mol. The van der Waals surface area contributed by atoms with E-state index in [0.29, 0.717) is 12.8 Å². The van der Waals surface area contributed by atoms with E-state index in [1.807, 2.05) is 24.3 Å². The fraction of sp³-hybridized carbons (Fsp3) is 0.400. The fourth-order valence-corrected chi connectivity index (χ4v) is 1.94. The lowest BCUT2D eigenvalue weighted by atomic mass is 9.77. The zero-order chi connectivity index (χ0) is 8.60. The minimum Gasteiger partial charge on any atom is -0.239 e. The van der Waals surface area contributed by atoms with Crippen molar-refractivity contribution in [3.8, 4) is 0 Å². The minimum absolute atomic E-state index is 0.684. The number of rotatable bonds is 1. The molecule has 1 saturated carbocycles. The van der Waals surface area contributed by atoms with Crippen LogP contribution in [0, 0.1) is 0 Å². The lowest BCUT2D eigenvalue weighted by Gasteiger charge is -2.34. The lowest BCUT2D eigenvalue weighted by Crippen LogP contribution is -2.28. The predicted molar refractivity (Wildman–Crippen MR) is 50.8 cm³/mol. The third-order valence-corrected chi connectivity index (χ3v) is 2.98. The average Bonchev–Trinajstić information content (AvgIpc) is 2.00. The highest BCUT2D eigenvalue weighted by atomic mass is 79.9. The molecule has 0 nitrogen and oxygen atoms in total. The van der Waals surface area contributed by atoms with Crippen molar-refractivity contribution in [2.45, 2.75) is 24.9 Å². The molecule has 0 atom stereocenters. The standard InChI is InChI=1S/C10H10BrF/c11-9-4-1-3-8(7-9)10(12)5-2-6-10/h1,3-4,7H,2,5-6H2. The molecule has 0 saturated heterocycles. The van der Waals surface area contributed by atoms with Crippen molar-refractivity contribution < 1.29 is 4.39 Å². The Kier molecular flexibility index (Phi) is 1.95. The Morgan fingerprint density at radius 2 is 2.08 bits per heavy atom. The Hall–Kier alpha value is -0.370. The zero-order valence-corrected chi connectivity index (χ0v) is 8.27. The fourth-order valence-electron chi connectivity index (χ4n) is 1.54. The molecule has 0 amide bonds. The number of benzene rings is 1. The first kappa shape index (κ1) is 8.24. The molecule has 0 spiro atoms. The van der Waals surface area contributed by atoms with Crippen LogP contribution in [-0.2, 0) is 5.67 Å². The summed E-state index contributed by atoms with van der Waals surface area (Å²) in [6.07, 6.45) is 2.38. The molecule has 0 heterocycles. The molecular formula is C10H10BrF. The van der Waals surface area contributed by atoms with Crippen LogP contribution in [0.1, 0.15) is 24.8 Å². The van der Waals surface area contributed by atoms with Crippen molar-refractivity contribution in [2.24, 2.45) is 0 Å². The Balaban J connectivity index is 2.33. The molecule has 1 aliphatic carbocycles. The molecule has 0 radical (unpaired) electrons. The van der Waals surface area contributed by atoms with Gasteiger partial charge in [-0.25, -0.2) is 4.39 Å². The van der Waals surface area contributed by atoms with Crippen molar-refractivity contribution >= 4 is 15.9 Å². The highest BCUT2D eigenvalue weighted by molar-refractivity contribution is 9.10. The van der Waals surface area contributed by atoms with Crippen molar-refractivity contribution in [2.75, 3.05) is 0 Å². The van der Waals surface area contributed by atoms with Gasteiger partial charge < -0.3 is 0 Å². The molecule has 2 heteroatoms. The summed E-state index contributed by atoms with van der Waals surface area (Å²) in [5.41, 5.74) is -0.202. The molecule has 0 unspecified atom stereocenters. The molecule has 12 heavy (non-hydrogen) atoms. The SMILES string of the molecule is FC1(c2cccc(Br)c2)CCC1. The molecule has 1 aromatic rings. The van der Waals surface area contributed by atoms with Crippen molar-refractivity contribution in [1.82, 2.24) is 0 Å². The zero-order valence-electron chi connectivity index (χ0n) is 6.69. The van der Waals surface area contributed by atoms with Crippen molar-refractivity contribution in [3.63, 3.8) is 0 Å². The topological polar surface area (TPSA) is 0 Å². The van der Waals surface area contributed by atoms with Gasteiger partial charge in [0.2, 0.25) is 0 Å². The van der Waals surface area contributed by atoms with Gasteiger partial charge >= 0.3 is 0 Å². The summed E-state index contributed by atoms with van der Waals surface area (Å²) < 4.78 is 14.8. The van der Waals surface area contributed by atoms with Gasteiger partial charge in [0.15, 0.2) is 0 Å². The van der Waals surface area contributed by atoms with E-state index in [1.54, 1.807) is 0 Å². The maximum absolute atomic E-state index is 13.8. The summed E-state index contributed by atoms with van der Waals surface area (Å²) in [5, 5.41) is 0. The molecule has 1 aliphatic rings. The number of hydrogen-bond acceptors (Lipinski definition) is 0. The van der Waals surface area contributed by atoms with E-state index in [9.17, 15) is 4.39 Å². The third kappa shape index (κ3) is 1.28. The number of halogens is 2. The first-order chi connectivity index (χ1) is 5.71. The molecular weight excluding hydrogens is 219 g/mol. The van der Waals surface area contributed by atoms with Crippen LogP contribution in [0.4, 0.5) is 4.39 Å². The summed E-state index contributed by atoms with van der Waals surface area (Å²) in [5.74, 6) is 0. The normalized spacial score (nSPS) is 20.2. The molecule has 0 aliphatic heterocycles. The van der Waals surface area contributed by atoms with Crippen LogP contribution in [0.15, 0.2) is 28.7 Å². The summed E-state index contributed by atoms with van der Waals surface area (Å²) in [4.78, 5) is 0. The second-order valence-corrected chi connectivity index (χ2v) is 4.24. The summed E-state index contributed by atoms with van der Waals surface area (Å²) in [6, 6.07) is 7.55. The van der Waals surface area contributed by atoms with Gasteiger partial charge in [0.25, 0.3) is 0 Å². The number of alkyl halides is 1. The van der Waals surface area contributed by atoms with E-state index in [4.69, 9.17) is 0 Å². The Morgan fingerprint density at radius 3 is 2.58 bits per heavy atom. The summed E-state index contributed by atoms with van der Waals surface area (Å²) in [7, 11) is 0. The van der Waals surface area contributed by atoms with E-state index < -0.39 is 5.67 Å². The summed E-state index contributed by atoms with van der Waals surface area (Å²) in [6.45, 7) is 0. The maximum Gasteiger partial charge on any atom is 0.136 e. The van der Waals surface area contributed by atoms with Crippen molar-refractivity contribution in [3.05, 3.63) is 34.3 Å². The monoisotopic (exact) mass is 228 g/mol. The van der Waals surface area contributed by atoms with Crippen LogP contribution in [0.25, 0.3) is 0 Å². The molecule has 1 fully saturated rings. The van der Waals surface area contributed by atoms with E-state index in [-0.39, 0.29) is 0 Å². The first-order valence-corrected chi connectivity index (χ1v) is 4.95. The highest BCUT2D eigenvalue weighted by Gasteiger charge is 2.38. The quantitative estimate of drug-likeness (QED) is 0.687. The minimum atomic E-state index is -1.02. The first-order valence-electron chi connectivity index (χ1n) is 4.16. The second-order valence-electron chi connectivity index (χ2n) is 3.33. The smallest absolute Gasteiger partial charge is 0.136 e. The van der Waals surface area contributed by atoms with Crippen LogP contribution in [0.2, 0.25) is 0 Å². The number of hydrogen-bond donors (Lipinski definition) is 0. The molecule has 1 aromatic carbocycles. The van der Waals surface area contributed by atoms with Gasteiger partial charge in [-0.15, -0.1) is 0 Å². The molecule has 0 N–H and O–H groups in total. The summed E-state index contributed by atoms with van der Waals surface area (Å²) >= 11 is 3.34. The van der Waals surface area contributed by atoms with E-state index >= 15 is 0 Å². The molecule has 2 rings (SSSR count). The van der Waals surface area contributed by atoms with Gasteiger partial charge in [0.05, 0.1) is 0 Å². The molecule has 0 bridgehead atoms. The van der Waals surface area contributed by atoms with Gasteiger partial charge in [0, 0.05) is 4.47 Å². The van der Waals surface area contributed by atoms with Gasteiger partial charge in [-0.2, -0.15) is 0 Å². The van der Waals surface area contributed by atoms with Gasteiger partial charge in [-0.3, -0.25) is 0 Å². The van der Waals surface area contributed by atoms with Crippen LogP contribution in [0.5, 0.6) is 0 Å². The Morgan fingerprint density at radius 1 is 1.33 bits per heavy atom. The van der Waals surface area contributed by atoms with Crippen LogP contribution in [0.3, 0.4) is 0 Å². The molecule has 0 aromatic heterocycles. The largest absolute Gasteiger partial charge is 0.239 e. The van der Waals surface area contributed by atoms with Gasteiger partial charge in [0.1, 0.15) is 5.67 Å². The second kappa shape index (κ2) is 2.84. The lowest BCUT2D eigenvalue weighted by molar-refractivity contribution is 0.0608. The van der Waals surface area contributed by atoms with Crippen LogP contribution >= 0.6 is 15.9 Å². The van der Waals surface area contributed by atoms with Crippen molar-refractivity contribution in [1.29, 1.82) is 0 Å². The van der Waals surface area contributed by atoms with E-state index in [1.165, 1.54) is 0 Å². The highest BCUT2D eigenvalue weighted by Crippen LogP contribution is 2.45. The molecule has 64 valence electrons. The third-order valence-electron chi connectivity index (χ3n) is 2.49. The van der Waals surface area contributed by atoms with Gasteiger partial charge in [-0.1, -0.05) is 28.1 Å².